The minimum atomic E-state index is -0.506. The molecule has 1 aromatic carbocycles. The van der Waals surface area contributed by atoms with Crippen molar-refractivity contribution >= 4 is 50.5 Å². The molecule has 0 saturated carbocycles. The molecule has 1 unspecified atom stereocenters. The number of hydrogen-bond acceptors (Lipinski definition) is 1. The molecule has 0 aliphatic rings. The summed E-state index contributed by atoms with van der Waals surface area (Å²) in [5.41, 5.74) is 1.58. The lowest BCUT2D eigenvalue weighted by Gasteiger charge is -2.10. The first-order valence-electron chi connectivity index (χ1n) is 5.25. The van der Waals surface area contributed by atoms with E-state index in [9.17, 15) is 4.39 Å². The Hall–Kier alpha value is -0.0900. The van der Waals surface area contributed by atoms with E-state index in [0.717, 1.165) is 4.88 Å². The highest BCUT2D eigenvalue weighted by Gasteiger charge is 2.19. The minimum absolute atomic E-state index is 0.352. The Labute approximate surface area is 128 Å². The zero-order chi connectivity index (χ0) is 13.4. The van der Waals surface area contributed by atoms with E-state index < -0.39 is 5.38 Å². The molecule has 5 heteroatoms. The largest absolute Gasteiger partial charge is 0.207 e. The summed E-state index contributed by atoms with van der Waals surface area (Å²) < 4.78 is 14.4. The van der Waals surface area contributed by atoms with E-state index in [-0.39, 0.29) is 5.82 Å². The highest BCUT2D eigenvalue weighted by Crippen LogP contribution is 2.38. The van der Waals surface area contributed by atoms with Gasteiger partial charge in [-0.1, -0.05) is 11.6 Å². The summed E-state index contributed by atoms with van der Waals surface area (Å²) in [5, 5.41) is -0.0462. The lowest BCUT2D eigenvalue weighted by Crippen LogP contribution is -1.95. The fraction of sp³-hybridized carbons (Fsp3) is 0.231. The van der Waals surface area contributed by atoms with Gasteiger partial charge in [-0.25, -0.2) is 4.39 Å². The number of aryl methyl sites for hydroxylation is 2. The molecule has 0 aliphatic heterocycles. The summed E-state index contributed by atoms with van der Waals surface area (Å²) >= 11 is 17.1. The third-order valence-corrected chi connectivity index (χ3v) is 5.76. The lowest BCUT2D eigenvalue weighted by molar-refractivity contribution is 0.612. The Kier molecular flexibility index (Phi) is 4.37. The molecule has 18 heavy (non-hydrogen) atoms. The first-order chi connectivity index (χ1) is 8.40. The van der Waals surface area contributed by atoms with Crippen molar-refractivity contribution in [1.29, 1.82) is 0 Å². The van der Waals surface area contributed by atoms with Gasteiger partial charge in [0.15, 0.2) is 0 Å². The van der Waals surface area contributed by atoms with Gasteiger partial charge in [-0.05, 0) is 53.5 Å². The van der Waals surface area contributed by atoms with Crippen LogP contribution in [0.5, 0.6) is 0 Å². The van der Waals surface area contributed by atoms with Gasteiger partial charge in [0.05, 0.1) is 10.4 Å². The van der Waals surface area contributed by atoms with Crippen molar-refractivity contribution in [2.75, 3.05) is 0 Å². The fourth-order valence-electron chi connectivity index (χ4n) is 1.61. The first-order valence-corrected chi connectivity index (χ1v) is 7.68. The molecule has 2 aromatic rings. The van der Waals surface area contributed by atoms with E-state index in [2.05, 4.69) is 15.9 Å². The van der Waals surface area contributed by atoms with Gasteiger partial charge in [-0.15, -0.1) is 22.9 Å². The maximum absolute atomic E-state index is 13.9. The van der Waals surface area contributed by atoms with E-state index in [1.807, 2.05) is 19.9 Å². The van der Waals surface area contributed by atoms with Crippen LogP contribution in [0.4, 0.5) is 4.39 Å². The van der Waals surface area contributed by atoms with Gasteiger partial charge in [0, 0.05) is 19.8 Å². The van der Waals surface area contributed by atoms with Crippen molar-refractivity contribution in [3.05, 3.63) is 54.4 Å². The monoisotopic (exact) mass is 366 g/mol. The summed E-state index contributed by atoms with van der Waals surface area (Å²) in [5.74, 6) is -0.352. The third kappa shape index (κ3) is 2.74. The maximum Gasteiger partial charge on any atom is 0.129 e. The summed E-state index contributed by atoms with van der Waals surface area (Å²) in [6.07, 6.45) is 0. The number of rotatable bonds is 2. The Balaban J connectivity index is 2.45. The zero-order valence-electron chi connectivity index (χ0n) is 9.73. The fourth-order valence-corrected chi connectivity index (χ4v) is 3.50. The van der Waals surface area contributed by atoms with Crippen molar-refractivity contribution in [2.45, 2.75) is 19.2 Å². The predicted octanol–water partition coefficient (Wildman–Crippen LogP) is 6.25. The van der Waals surface area contributed by atoms with Crippen molar-refractivity contribution < 1.29 is 4.39 Å². The summed E-state index contributed by atoms with van der Waals surface area (Å²) in [4.78, 5) is 2.13. The maximum atomic E-state index is 13.9. The van der Waals surface area contributed by atoms with Gasteiger partial charge < -0.3 is 0 Å². The molecule has 1 aromatic heterocycles. The Morgan fingerprint density at radius 3 is 2.50 bits per heavy atom. The highest BCUT2D eigenvalue weighted by atomic mass is 79.9. The Morgan fingerprint density at radius 1 is 1.28 bits per heavy atom. The molecule has 0 radical (unpaired) electrons. The van der Waals surface area contributed by atoms with Crippen LogP contribution in [0.1, 0.15) is 26.3 Å². The molecule has 0 N–H and O–H groups in total. The summed E-state index contributed by atoms with van der Waals surface area (Å²) in [7, 11) is 0. The zero-order valence-corrected chi connectivity index (χ0v) is 13.6. The van der Waals surface area contributed by atoms with Gasteiger partial charge in [0.2, 0.25) is 0 Å². The van der Waals surface area contributed by atoms with E-state index in [1.54, 1.807) is 17.4 Å². The Morgan fingerprint density at radius 2 is 1.94 bits per heavy atom. The topological polar surface area (TPSA) is 0 Å². The van der Waals surface area contributed by atoms with E-state index in [1.165, 1.54) is 16.5 Å². The first kappa shape index (κ1) is 14.3. The number of hydrogen-bond donors (Lipinski definition) is 0. The van der Waals surface area contributed by atoms with E-state index >= 15 is 0 Å². The summed E-state index contributed by atoms with van der Waals surface area (Å²) in [6.45, 7) is 4.04. The molecular weight excluding hydrogens is 358 g/mol. The average Bonchev–Trinajstić information content (AvgIpc) is 2.63. The molecule has 0 amide bonds. The van der Waals surface area contributed by atoms with Crippen molar-refractivity contribution in [3.8, 4) is 0 Å². The SMILES string of the molecule is Cc1cc(C(Cl)c2cc(Cl)c(Br)cc2F)sc1C. The second-order valence-corrected chi connectivity index (χ2v) is 7.02. The van der Waals surface area contributed by atoms with Gasteiger partial charge >= 0.3 is 0 Å². The standard InChI is InChI=1S/C13H10BrCl2FS/c1-6-3-12(18-7(6)2)13(16)8-4-10(15)9(14)5-11(8)17/h3-5,13H,1-2H3. The molecule has 0 spiro atoms. The second-order valence-electron chi connectivity index (χ2n) is 4.04. The van der Waals surface area contributed by atoms with Crippen LogP contribution in [0.3, 0.4) is 0 Å². The number of benzene rings is 1. The summed E-state index contributed by atoms with van der Waals surface area (Å²) in [6, 6.07) is 4.91. The van der Waals surface area contributed by atoms with Crippen LogP contribution in [-0.4, -0.2) is 0 Å². The molecule has 0 saturated heterocycles. The third-order valence-electron chi connectivity index (χ3n) is 2.75. The van der Waals surface area contributed by atoms with Crippen molar-refractivity contribution in [2.24, 2.45) is 0 Å². The molecule has 2 rings (SSSR count). The van der Waals surface area contributed by atoms with Crippen LogP contribution in [0, 0.1) is 19.7 Å². The quantitative estimate of drug-likeness (QED) is 0.434. The molecule has 96 valence electrons. The van der Waals surface area contributed by atoms with Crippen molar-refractivity contribution in [1.82, 2.24) is 0 Å². The van der Waals surface area contributed by atoms with E-state index in [0.29, 0.717) is 15.1 Å². The predicted molar refractivity (Wildman–Crippen MR) is 80.6 cm³/mol. The number of halogens is 4. The van der Waals surface area contributed by atoms with E-state index in [4.69, 9.17) is 23.2 Å². The number of alkyl halides is 1. The average molecular weight is 368 g/mol. The molecule has 0 nitrogen and oxygen atoms in total. The van der Waals surface area contributed by atoms with Crippen molar-refractivity contribution in [3.63, 3.8) is 0 Å². The molecule has 0 bridgehead atoms. The van der Waals surface area contributed by atoms with Gasteiger partial charge in [0.25, 0.3) is 0 Å². The normalized spacial score (nSPS) is 12.8. The van der Waals surface area contributed by atoms with Crippen LogP contribution in [-0.2, 0) is 0 Å². The lowest BCUT2D eigenvalue weighted by atomic mass is 10.1. The molecule has 0 fully saturated rings. The Bertz CT molecular complexity index is 575. The van der Waals surface area contributed by atoms with Crippen LogP contribution in [0.15, 0.2) is 22.7 Å². The molecule has 1 atom stereocenters. The van der Waals surface area contributed by atoms with Gasteiger partial charge in [-0.3, -0.25) is 0 Å². The number of thiophene rings is 1. The van der Waals surface area contributed by atoms with Crippen LogP contribution < -0.4 is 0 Å². The minimum Gasteiger partial charge on any atom is -0.207 e. The van der Waals surface area contributed by atoms with Crippen LogP contribution in [0.2, 0.25) is 5.02 Å². The van der Waals surface area contributed by atoms with Crippen LogP contribution >= 0.6 is 50.5 Å². The molecule has 1 heterocycles. The smallest absolute Gasteiger partial charge is 0.129 e. The molecular formula is C13H10BrCl2FS. The van der Waals surface area contributed by atoms with Crippen LogP contribution in [0.25, 0.3) is 0 Å². The highest BCUT2D eigenvalue weighted by molar-refractivity contribution is 9.10. The van der Waals surface area contributed by atoms with Gasteiger partial charge in [0.1, 0.15) is 5.82 Å². The molecule has 0 aliphatic carbocycles. The van der Waals surface area contributed by atoms with Gasteiger partial charge in [-0.2, -0.15) is 0 Å². The second kappa shape index (κ2) is 5.49.